The number of phosphoric acid groups is 1. The molecule has 3 N–H and O–H groups in total. The summed E-state index contributed by atoms with van der Waals surface area (Å²) < 4.78 is 65.6. The van der Waals surface area contributed by atoms with Crippen molar-refractivity contribution in [3.05, 3.63) is 65.5 Å². The van der Waals surface area contributed by atoms with Crippen LogP contribution >= 0.6 is 7.82 Å². The third kappa shape index (κ3) is 7.99. The van der Waals surface area contributed by atoms with Gasteiger partial charge >= 0.3 is 14.0 Å². The first-order valence-corrected chi connectivity index (χ1v) is 13.6. The van der Waals surface area contributed by atoms with Crippen LogP contribution in [0.2, 0.25) is 0 Å². The van der Waals surface area contributed by atoms with Crippen molar-refractivity contribution in [1.29, 1.82) is 0 Å². The molecule has 0 bridgehead atoms. The standard InChI is InChI=1S/C25H26F3N4O7P/c1-16-2-3-19(30-24(33)21-14-18(4-5-29-21)25(26,27)28)15-20(16)17-12-22(32-6-8-37-9-7-32)31-23(13-17)38-10-11-39-40(34,35)36/h2-5,12-15H,6-11H2,1H3,(H,30,33)(H2,34,35,36). The maximum Gasteiger partial charge on any atom is 0.469 e. The van der Waals surface area contributed by atoms with Crippen LogP contribution in [0.4, 0.5) is 24.7 Å². The molecule has 0 saturated carbocycles. The molecule has 2 aromatic heterocycles. The highest BCUT2D eigenvalue weighted by Crippen LogP contribution is 2.36. The van der Waals surface area contributed by atoms with Gasteiger partial charge in [0.1, 0.15) is 18.1 Å². The molecule has 11 nitrogen and oxygen atoms in total. The molecular weight excluding hydrogens is 556 g/mol. The van der Waals surface area contributed by atoms with Crippen LogP contribution in [0.25, 0.3) is 11.1 Å². The molecule has 40 heavy (non-hydrogen) atoms. The number of hydrogen-bond acceptors (Lipinski definition) is 8. The highest BCUT2D eigenvalue weighted by molar-refractivity contribution is 7.46. The molecule has 0 unspecified atom stereocenters. The predicted molar refractivity (Wildman–Crippen MR) is 138 cm³/mol. The van der Waals surface area contributed by atoms with Crippen molar-refractivity contribution in [2.75, 3.05) is 49.7 Å². The van der Waals surface area contributed by atoms with Crippen LogP contribution in [0.5, 0.6) is 5.88 Å². The summed E-state index contributed by atoms with van der Waals surface area (Å²) in [5.74, 6) is -0.0530. The Labute approximate surface area is 227 Å². The third-order valence-corrected chi connectivity index (χ3v) is 6.36. The quantitative estimate of drug-likeness (QED) is 0.250. The molecule has 0 atom stereocenters. The van der Waals surface area contributed by atoms with Gasteiger partial charge in [-0.15, -0.1) is 0 Å². The summed E-state index contributed by atoms with van der Waals surface area (Å²) in [5, 5.41) is 2.59. The number of alkyl halides is 3. The Morgan fingerprint density at radius 2 is 1.88 bits per heavy atom. The molecule has 0 spiro atoms. The molecule has 1 amide bonds. The fraction of sp³-hybridized carbons (Fsp3) is 0.320. The highest BCUT2D eigenvalue weighted by atomic mass is 31.2. The topological polar surface area (TPSA) is 143 Å². The fourth-order valence-electron chi connectivity index (χ4n) is 3.91. The van der Waals surface area contributed by atoms with Gasteiger partial charge in [0, 0.05) is 31.0 Å². The molecule has 214 valence electrons. The minimum atomic E-state index is -4.65. The maximum absolute atomic E-state index is 13.1. The Kier molecular flexibility index (Phi) is 9.06. The minimum absolute atomic E-state index is 0.176. The van der Waals surface area contributed by atoms with Gasteiger partial charge in [-0.05, 0) is 53.9 Å². The second kappa shape index (κ2) is 12.3. The lowest BCUT2D eigenvalue weighted by atomic mass is 10.00. The average molecular weight is 582 g/mol. The van der Waals surface area contributed by atoms with E-state index in [1.54, 1.807) is 24.3 Å². The van der Waals surface area contributed by atoms with E-state index in [1.807, 2.05) is 17.9 Å². The molecule has 0 aliphatic carbocycles. The van der Waals surface area contributed by atoms with Crippen molar-refractivity contribution in [2.24, 2.45) is 0 Å². The van der Waals surface area contributed by atoms with E-state index < -0.39 is 25.5 Å². The van der Waals surface area contributed by atoms with E-state index in [4.69, 9.17) is 19.3 Å². The lowest BCUT2D eigenvalue weighted by Gasteiger charge is -2.28. The Morgan fingerprint density at radius 1 is 1.12 bits per heavy atom. The zero-order chi connectivity index (χ0) is 28.9. The van der Waals surface area contributed by atoms with Gasteiger partial charge in [-0.25, -0.2) is 4.57 Å². The van der Waals surface area contributed by atoms with Crippen molar-refractivity contribution in [3.8, 4) is 17.0 Å². The monoisotopic (exact) mass is 582 g/mol. The number of morpholine rings is 1. The lowest BCUT2D eigenvalue weighted by molar-refractivity contribution is -0.137. The molecule has 15 heteroatoms. The van der Waals surface area contributed by atoms with Crippen LogP contribution in [0.3, 0.4) is 0 Å². The summed E-state index contributed by atoms with van der Waals surface area (Å²) in [6.45, 7) is 3.46. The second-order valence-electron chi connectivity index (χ2n) is 8.74. The molecule has 4 rings (SSSR count). The molecule has 0 radical (unpaired) electrons. The third-order valence-electron chi connectivity index (χ3n) is 5.84. The number of carbonyl (C=O) groups is 1. The van der Waals surface area contributed by atoms with Gasteiger partial charge < -0.3 is 29.5 Å². The van der Waals surface area contributed by atoms with Crippen LogP contribution in [0, 0.1) is 6.92 Å². The molecule has 1 saturated heterocycles. The smallest absolute Gasteiger partial charge is 0.469 e. The first-order valence-electron chi connectivity index (χ1n) is 12.0. The van der Waals surface area contributed by atoms with Gasteiger partial charge in [-0.2, -0.15) is 18.2 Å². The number of aryl methyl sites for hydroxylation is 1. The molecule has 3 heterocycles. The number of nitrogens with zero attached hydrogens (tertiary/aromatic N) is 3. The fourth-order valence-corrected chi connectivity index (χ4v) is 4.23. The van der Waals surface area contributed by atoms with Crippen molar-refractivity contribution >= 4 is 25.2 Å². The van der Waals surface area contributed by atoms with E-state index in [9.17, 15) is 22.5 Å². The molecule has 1 aliphatic heterocycles. The summed E-state index contributed by atoms with van der Waals surface area (Å²) in [6.07, 6.45) is -3.69. The van der Waals surface area contributed by atoms with Gasteiger partial charge in [0.25, 0.3) is 5.91 Å². The Bertz CT molecular complexity index is 1410. The van der Waals surface area contributed by atoms with Gasteiger partial charge in [0.2, 0.25) is 5.88 Å². The van der Waals surface area contributed by atoms with Crippen LogP contribution in [0.15, 0.2) is 48.7 Å². The normalized spacial score (nSPS) is 14.2. The number of nitrogens with one attached hydrogen (secondary N) is 1. The summed E-state index contributed by atoms with van der Waals surface area (Å²) in [6, 6.07) is 9.95. The zero-order valence-electron chi connectivity index (χ0n) is 21.2. The number of phosphoric ester groups is 1. The largest absolute Gasteiger partial charge is 0.475 e. The summed E-state index contributed by atoms with van der Waals surface area (Å²) in [7, 11) is -4.65. The Hall–Kier alpha value is -3.55. The number of pyridine rings is 2. The Balaban J connectivity index is 1.61. The van der Waals surface area contributed by atoms with Gasteiger partial charge in [-0.1, -0.05) is 6.07 Å². The zero-order valence-corrected chi connectivity index (χ0v) is 22.1. The molecule has 3 aromatic rings. The number of rotatable bonds is 9. The maximum atomic E-state index is 13.1. The van der Waals surface area contributed by atoms with E-state index in [1.165, 1.54) is 0 Å². The average Bonchev–Trinajstić information content (AvgIpc) is 2.91. The number of carbonyl (C=O) groups excluding carboxylic acids is 1. The summed E-state index contributed by atoms with van der Waals surface area (Å²) >= 11 is 0. The number of hydrogen-bond donors (Lipinski definition) is 3. The lowest BCUT2D eigenvalue weighted by Crippen LogP contribution is -2.36. The van der Waals surface area contributed by atoms with Gasteiger partial charge in [-0.3, -0.25) is 14.3 Å². The van der Waals surface area contributed by atoms with E-state index in [2.05, 4.69) is 19.8 Å². The van der Waals surface area contributed by atoms with Crippen LogP contribution in [-0.2, 0) is 20.0 Å². The van der Waals surface area contributed by atoms with Crippen molar-refractivity contribution in [1.82, 2.24) is 9.97 Å². The van der Waals surface area contributed by atoms with Gasteiger partial charge in [0.05, 0.1) is 25.4 Å². The SMILES string of the molecule is Cc1ccc(NC(=O)c2cc(C(F)(F)F)ccn2)cc1-c1cc(OCCOP(=O)(O)O)nc(N2CCOCC2)c1. The molecule has 1 fully saturated rings. The van der Waals surface area contributed by atoms with E-state index in [0.717, 1.165) is 17.8 Å². The summed E-state index contributed by atoms with van der Waals surface area (Å²) in [5.41, 5.74) is 1.13. The van der Waals surface area contributed by atoms with Crippen molar-refractivity contribution < 1.29 is 46.3 Å². The number of ether oxygens (including phenoxy) is 2. The Morgan fingerprint density at radius 3 is 2.58 bits per heavy atom. The molecule has 1 aliphatic rings. The van der Waals surface area contributed by atoms with Crippen molar-refractivity contribution in [2.45, 2.75) is 13.1 Å². The minimum Gasteiger partial charge on any atom is -0.475 e. The van der Waals surface area contributed by atoms with E-state index in [-0.39, 0.29) is 24.8 Å². The molecular formula is C25H26F3N4O7P. The predicted octanol–water partition coefficient (Wildman–Crippen LogP) is 4.05. The van der Waals surface area contributed by atoms with E-state index >= 15 is 0 Å². The number of anilines is 2. The highest BCUT2D eigenvalue weighted by Gasteiger charge is 2.31. The first kappa shape index (κ1) is 29.4. The second-order valence-corrected chi connectivity index (χ2v) is 9.97. The van der Waals surface area contributed by atoms with Gasteiger partial charge in [0.15, 0.2) is 0 Å². The van der Waals surface area contributed by atoms with Crippen LogP contribution in [-0.4, -0.2) is 65.2 Å². The van der Waals surface area contributed by atoms with Crippen molar-refractivity contribution in [3.63, 3.8) is 0 Å². The number of aromatic nitrogens is 2. The first-order chi connectivity index (χ1) is 18.9. The number of benzene rings is 1. The van der Waals surface area contributed by atoms with E-state index in [0.29, 0.717) is 55.0 Å². The number of halogens is 3. The summed E-state index contributed by atoms with van der Waals surface area (Å²) in [4.78, 5) is 40.7. The number of amides is 1. The molecule has 1 aromatic carbocycles. The van der Waals surface area contributed by atoms with Crippen LogP contribution < -0.4 is 15.0 Å². The van der Waals surface area contributed by atoms with Crippen LogP contribution in [0.1, 0.15) is 21.6 Å².